The van der Waals surface area contributed by atoms with Gasteiger partial charge in [0.2, 0.25) is 6.79 Å². The Bertz CT molecular complexity index is 645. The van der Waals surface area contributed by atoms with Crippen LogP contribution in [0.1, 0.15) is 12.5 Å². The molecule has 3 rings (SSSR count). The summed E-state index contributed by atoms with van der Waals surface area (Å²) in [4.78, 5) is 0. The predicted octanol–water partition coefficient (Wildman–Crippen LogP) is 4.08. The average Bonchev–Trinajstić information content (AvgIpc) is 2.94. The minimum atomic E-state index is 0.267. The molecule has 0 bridgehead atoms. The molecule has 0 aromatic heterocycles. The molecule has 0 spiro atoms. The van der Waals surface area contributed by atoms with E-state index < -0.39 is 0 Å². The molecule has 1 aliphatic rings. The summed E-state index contributed by atoms with van der Waals surface area (Å²) in [6.45, 7) is 4.14. The molecule has 0 saturated heterocycles. The normalized spacial score (nSPS) is 12.5. The highest BCUT2D eigenvalue weighted by Gasteiger charge is 2.14. The molecule has 0 fully saturated rings. The van der Waals surface area contributed by atoms with Gasteiger partial charge in [-0.15, -0.1) is 0 Å². The van der Waals surface area contributed by atoms with Crippen LogP contribution in [0.5, 0.6) is 23.0 Å². The summed E-state index contributed by atoms with van der Waals surface area (Å²) in [5, 5.41) is 3.30. The van der Waals surface area contributed by atoms with Crippen LogP contribution in [0.25, 0.3) is 0 Å². The molecule has 0 radical (unpaired) electrons. The smallest absolute Gasteiger partial charge is 0.231 e. The molecule has 1 aliphatic heterocycles. The third kappa shape index (κ3) is 3.31. The number of hydrogen-bond acceptors (Lipinski definition) is 4. The summed E-state index contributed by atoms with van der Waals surface area (Å²) in [5.74, 6) is 2.98. The van der Waals surface area contributed by atoms with Crippen LogP contribution in [0.2, 0.25) is 0 Å². The first kappa shape index (κ1) is 14.2. The van der Waals surface area contributed by atoms with E-state index >= 15 is 0 Å². The number of halogens is 1. The Morgan fingerprint density at radius 2 is 1.86 bits per heavy atom. The third-order valence-corrected chi connectivity index (χ3v) is 3.91. The molecule has 5 heteroatoms. The van der Waals surface area contributed by atoms with Gasteiger partial charge in [0, 0.05) is 17.1 Å². The van der Waals surface area contributed by atoms with Crippen molar-refractivity contribution in [2.24, 2.45) is 0 Å². The topological polar surface area (TPSA) is 39.7 Å². The third-order valence-electron chi connectivity index (χ3n) is 3.17. The van der Waals surface area contributed by atoms with Crippen LogP contribution >= 0.6 is 15.9 Å². The summed E-state index contributed by atoms with van der Waals surface area (Å²) in [6, 6.07) is 11.5. The van der Waals surface area contributed by atoms with Crippen molar-refractivity contribution in [3.8, 4) is 23.0 Å². The van der Waals surface area contributed by atoms with Crippen molar-refractivity contribution in [1.29, 1.82) is 0 Å². The van der Waals surface area contributed by atoms with Gasteiger partial charge in [0.05, 0.1) is 0 Å². The second-order valence-corrected chi connectivity index (χ2v) is 5.51. The number of nitrogens with one attached hydrogen (secondary N) is 1. The first-order chi connectivity index (χ1) is 10.3. The van der Waals surface area contributed by atoms with Crippen molar-refractivity contribution >= 4 is 15.9 Å². The van der Waals surface area contributed by atoms with Crippen LogP contribution in [-0.2, 0) is 6.54 Å². The van der Waals surface area contributed by atoms with Gasteiger partial charge in [0.25, 0.3) is 0 Å². The average molecular weight is 350 g/mol. The molecular weight excluding hydrogens is 334 g/mol. The Kier molecular flexibility index (Phi) is 4.31. The molecular formula is C16H16BrNO3. The summed E-state index contributed by atoms with van der Waals surface area (Å²) < 4.78 is 17.5. The molecule has 0 atom stereocenters. The van der Waals surface area contributed by atoms with Crippen LogP contribution in [0, 0.1) is 0 Å². The zero-order valence-electron chi connectivity index (χ0n) is 11.7. The van der Waals surface area contributed by atoms with Crippen molar-refractivity contribution in [2.75, 3.05) is 13.3 Å². The van der Waals surface area contributed by atoms with Gasteiger partial charge < -0.3 is 19.5 Å². The zero-order chi connectivity index (χ0) is 14.7. The zero-order valence-corrected chi connectivity index (χ0v) is 13.3. The highest BCUT2D eigenvalue weighted by atomic mass is 79.9. The lowest BCUT2D eigenvalue weighted by atomic mass is 10.2. The number of benzene rings is 2. The van der Waals surface area contributed by atoms with Crippen molar-refractivity contribution in [2.45, 2.75) is 13.5 Å². The molecule has 21 heavy (non-hydrogen) atoms. The van der Waals surface area contributed by atoms with Crippen LogP contribution in [0.4, 0.5) is 0 Å². The van der Waals surface area contributed by atoms with Crippen LogP contribution < -0.4 is 19.5 Å². The van der Waals surface area contributed by atoms with E-state index in [4.69, 9.17) is 14.2 Å². The van der Waals surface area contributed by atoms with E-state index in [2.05, 4.69) is 34.2 Å². The summed E-state index contributed by atoms with van der Waals surface area (Å²) in [5.41, 5.74) is 1.20. The monoisotopic (exact) mass is 349 g/mol. The van der Waals surface area contributed by atoms with E-state index in [0.717, 1.165) is 40.6 Å². The Morgan fingerprint density at radius 3 is 2.67 bits per heavy atom. The van der Waals surface area contributed by atoms with Crippen LogP contribution in [-0.4, -0.2) is 13.3 Å². The van der Waals surface area contributed by atoms with Gasteiger partial charge in [-0.25, -0.2) is 0 Å². The number of hydrogen-bond donors (Lipinski definition) is 1. The molecule has 110 valence electrons. The molecule has 4 nitrogen and oxygen atoms in total. The number of rotatable bonds is 5. The summed E-state index contributed by atoms with van der Waals surface area (Å²) in [6.07, 6.45) is 0. The van der Waals surface area contributed by atoms with Crippen molar-refractivity contribution < 1.29 is 14.2 Å². The highest BCUT2D eigenvalue weighted by Crippen LogP contribution is 2.37. The Morgan fingerprint density at radius 1 is 1.10 bits per heavy atom. The summed E-state index contributed by atoms with van der Waals surface area (Å²) in [7, 11) is 0. The molecule has 0 saturated carbocycles. The van der Waals surface area contributed by atoms with E-state index in [0.29, 0.717) is 0 Å². The van der Waals surface area contributed by atoms with E-state index in [1.54, 1.807) is 0 Å². The van der Waals surface area contributed by atoms with Gasteiger partial charge in [0.1, 0.15) is 11.5 Å². The lowest BCUT2D eigenvalue weighted by Gasteiger charge is -2.10. The Hall–Kier alpha value is -1.72. The SMILES string of the molecule is CCNCc1ccc(Oc2ccc3c(c2)OCO3)cc1Br. The van der Waals surface area contributed by atoms with Gasteiger partial charge in [-0.05, 0) is 36.4 Å². The standard InChI is InChI=1S/C16H16BrNO3/c1-2-18-9-11-3-4-12(7-14(11)17)21-13-5-6-15-16(8-13)20-10-19-15/h3-8,18H,2,9-10H2,1H3. The molecule has 2 aromatic rings. The van der Waals surface area contributed by atoms with Crippen LogP contribution in [0.3, 0.4) is 0 Å². The van der Waals surface area contributed by atoms with Crippen molar-refractivity contribution in [1.82, 2.24) is 5.32 Å². The maximum atomic E-state index is 5.86. The van der Waals surface area contributed by atoms with Gasteiger partial charge >= 0.3 is 0 Å². The minimum Gasteiger partial charge on any atom is -0.457 e. The fourth-order valence-corrected chi connectivity index (χ4v) is 2.57. The highest BCUT2D eigenvalue weighted by molar-refractivity contribution is 9.10. The lowest BCUT2D eigenvalue weighted by molar-refractivity contribution is 0.174. The quantitative estimate of drug-likeness (QED) is 0.882. The molecule has 0 amide bonds. The second-order valence-electron chi connectivity index (χ2n) is 4.65. The first-order valence-corrected chi connectivity index (χ1v) is 7.62. The molecule has 0 aliphatic carbocycles. The first-order valence-electron chi connectivity index (χ1n) is 6.83. The van der Waals surface area contributed by atoms with Gasteiger partial charge in [-0.3, -0.25) is 0 Å². The fourth-order valence-electron chi connectivity index (χ4n) is 2.07. The van der Waals surface area contributed by atoms with Gasteiger partial charge in [-0.1, -0.05) is 28.9 Å². The van der Waals surface area contributed by atoms with Crippen LogP contribution in [0.15, 0.2) is 40.9 Å². The predicted molar refractivity (Wildman–Crippen MR) is 84.2 cm³/mol. The second kappa shape index (κ2) is 6.37. The minimum absolute atomic E-state index is 0.267. The van der Waals surface area contributed by atoms with Gasteiger partial charge in [-0.2, -0.15) is 0 Å². The van der Waals surface area contributed by atoms with Crippen molar-refractivity contribution in [3.05, 3.63) is 46.4 Å². The number of fused-ring (bicyclic) bond motifs is 1. The lowest BCUT2D eigenvalue weighted by Crippen LogP contribution is -2.11. The maximum absolute atomic E-state index is 5.86. The maximum Gasteiger partial charge on any atom is 0.231 e. The fraction of sp³-hybridized carbons (Fsp3) is 0.250. The van der Waals surface area contributed by atoms with E-state index in [-0.39, 0.29) is 6.79 Å². The van der Waals surface area contributed by atoms with E-state index in [9.17, 15) is 0 Å². The van der Waals surface area contributed by atoms with Crippen molar-refractivity contribution in [3.63, 3.8) is 0 Å². The van der Waals surface area contributed by atoms with Gasteiger partial charge in [0.15, 0.2) is 11.5 Å². The molecule has 0 unspecified atom stereocenters. The summed E-state index contributed by atoms with van der Waals surface area (Å²) >= 11 is 3.58. The largest absolute Gasteiger partial charge is 0.457 e. The number of ether oxygens (including phenoxy) is 3. The Labute approximate surface area is 132 Å². The molecule has 2 aromatic carbocycles. The Balaban J connectivity index is 1.74. The molecule has 1 heterocycles. The van der Waals surface area contributed by atoms with E-state index in [1.807, 2.05) is 30.3 Å². The molecule has 1 N–H and O–H groups in total. The van der Waals surface area contributed by atoms with E-state index in [1.165, 1.54) is 5.56 Å².